The molecule has 0 bridgehead atoms. The normalized spacial score (nSPS) is 17.3. The van der Waals surface area contributed by atoms with Crippen molar-refractivity contribution in [2.75, 3.05) is 11.9 Å². The van der Waals surface area contributed by atoms with Crippen molar-refractivity contribution >= 4 is 28.9 Å². The summed E-state index contributed by atoms with van der Waals surface area (Å²) in [6, 6.07) is 21.1. The number of benzene rings is 2. The molecule has 1 aliphatic rings. The first-order chi connectivity index (χ1) is 18.6. The second-order valence-corrected chi connectivity index (χ2v) is 9.77. The van der Waals surface area contributed by atoms with Gasteiger partial charge in [0.2, 0.25) is 5.91 Å². The first-order valence-corrected chi connectivity index (χ1v) is 12.7. The van der Waals surface area contributed by atoms with Gasteiger partial charge in [-0.05, 0) is 80.2 Å². The molecule has 10 heteroatoms. The van der Waals surface area contributed by atoms with Crippen LogP contribution >= 0.6 is 12.2 Å². The predicted octanol–water partition coefficient (Wildman–Crippen LogP) is 6.12. The van der Waals surface area contributed by atoms with Crippen LogP contribution in [-0.4, -0.2) is 32.0 Å². The highest BCUT2D eigenvalue weighted by Gasteiger charge is 2.42. The third-order valence-corrected chi connectivity index (χ3v) is 7.14. The summed E-state index contributed by atoms with van der Waals surface area (Å²) in [6.07, 6.45) is -2.77. The van der Waals surface area contributed by atoms with E-state index in [4.69, 9.17) is 12.2 Å². The highest BCUT2D eigenvalue weighted by Crippen LogP contribution is 2.41. The molecule has 1 fully saturated rings. The zero-order valence-corrected chi connectivity index (χ0v) is 22.1. The van der Waals surface area contributed by atoms with E-state index in [9.17, 15) is 18.0 Å². The summed E-state index contributed by atoms with van der Waals surface area (Å²) in [5, 5.41) is 6.61. The number of amides is 1. The number of carbonyl (C=O) groups excluding carboxylic acids is 1. The van der Waals surface area contributed by atoms with Crippen LogP contribution in [0.15, 0.2) is 85.1 Å². The van der Waals surface area contributed by atoms with E-state index >= 15 is 0 Å². The average Bonchev–Trinajstić information content (AvgIpc) is 3.39. The highest BCUT2D eigenvalue weighted by atomic mass is 32.1. The number of nitrogens with one attached hydrogen (secondary N) is 2. The fraction of sp³-hybridized carbons (Fsp3) is 0.207. The van der Waals surface area contributed by atoms with Gasteiger partial charge in [0.05, 0.1) is 23.3 Å². The van der Waals surface area contributed by atoms with Crippen LogP contribution in [0.4, 0.5) is 18.9 Å². The Kier molecular flexibility index (Phi) is 7.14. The Morgan fingerprint density at radius 1 is 1.03 bits per heavy atom. The van der Waals surface area contributed by atoms with Crippen LogP contribution in [-0.2, 0) is 11.0 Å². The first kappa shape index (κ1) is 26.4. The van der Waals surface area contributed by atoms with Crippen LogP contribution in [0.1, 0.15) is 40.3 Å². The van der Waals surface area contributed by atoms with Crippen molar-refractivity contribution in [3.05, 3.63) is 113 Å². The van der Waals surface area contributed by atoms with Gasteiger partial charge >= 0.3 is 6.18 Å². The topological polar surface area (TPSA) is 62.2 Å². The van der Waals surface area contributed by atoms with Crippen molar-refractivity contribution in [3.8, 4) is 5.69 Å². The molecular weight excluding hydrogens is 523 g/mol. The van der Waals surface area contributed by atoms with Crippen LogP contribution in [0.2, 0.25) is 0 Å². The SMILES string of the molecule is Cc1cc([C@H]2[C@H](c3ccccn3)NC(=S)N2CC(=O)Nc2ccccc2)c(C)n1-c1cccc(C(F)(F)F)c1. The summed E-state index contributed by atoms with van der Waals surface area (Å²) < 4.78 is 42.2. The second-order valence-electron chi connectivity index (χ2n) is 9.38. The number of rotatable bonds is 6. The molecule has 1 amide bonds. The highest BCUT2D eigenvalue weighted by molar-refractivity contribution is 7.80. The molecule has 200 valence electrons. The van der Waals surface area contributed by atoms with E-state index < -0.39 is 17.8 Å². The third kappa shape index (κ3) is 5.37. The number of aryl methyl sites for hydroxylation is 1. The zero-order valence-electron chi connectivity index (χ0n) is 21.2. The van der Waals surface area contributed by atoms with Crippen LogP contribution in [0.3, 0.4) is 0 Å². The average molecular weight is 550 g/mol. The number of thiocarbonyl (C=S) groups is 1. The number of para-hydroxylation sites is 1. The van der Waals surface area contributed by atoms with E-state index in [1.807, 2.05) is 61.2 Å². The molecule has 0 radical (unpaired) electrons. The molecule has 0 saturated carbocycles. The molecular formula is C29H26F3N5OS. The van der Waals surface area contributed by atoms with E-state index in [1.54, 1.807) is 29.0 Å². The summed E-state index contributed by atoms with van der Waals surface area (Å²) >= 11 is 5.69. The molecule has 6 nitrogen and oxygen atoms in total. The maximum atomic E-state index is 13.5. The quantitative estimate of drug-likeness (QED) is 0.284. The third-order valence-electron chi connectivity index (χ3n) is 6.79. The molecule has 1 aliphatic heterocycles. The van der Waals surface area contributed by atoms with Crippen molar-refractivity contribution in [2.45, 2.75) is 32.1 Å². The summed E-state index contributed by atoms with van der Waals surface area (Å²) in [6.45, 7) is 3.68. The van der Waals surface area contributed by atoms with E-state index in [0.717, 1.165) is 34.8 Å². The first-order valence-electron chi connectivity index (χ1n) is 12.3. The number of alkyl halides is 3. The number of carbonyl (C=O) groups is 1. The van der Waals surface area contributed by atoms with Crippen LogP contribution in [0, 0.1) is 13.8 Å². The number of hydrogen-bond acceptors (Lipinski definition) is 3. The lowest BCUT2D eigenvalue weighted by Crippen LogP contribution is -2.37. The number of halogens is 3. The monoisotopic (exact) mass is 549 g/mol. The number of anilines is 1. The Hall–Kier alpha value is -4.18. The molecule has 2 aromatic heterocycles. The van der Waals surface area contributed by atoms with Crippen LogP contribution in [0.5, 0.6) is 0 Å². The predicted molar refractivity (Wildman–Crippen MR) is 147 cm³/mol. The zero-order chi connectivity index (χ0) is 27.7. The van der Waals surface area contributed by atoms with Crippen molar-refractivity contribution in [1.29, 1.82) is 0 Å². The van der Waals surface area contributed by atoms with Gasteiger partial charge < -0.3 is 20.1 Å². The summed E-state index contributed by atoms with van der Waals surface area (Å²) in [7, 11) is 0. The maximum Gasteiger partial charge on any atom is 0.416 e. The van der Waals surface area contributed by atoms with E-state index in [-0.39, 0.29) is 18.5 Å². The van der Waals surface area contributed by atoms with Gasteiger partial charge in [-0.3, -0.25) is 9.78 Å². The molecule has 2 N–H and O–H groups in total. The number of hydrogen-bond donors (Lipinski definition) is 2. The summed E-state index contributed by atoms with van der Waals surface area (Å²) in [5.74, 6) is -0.247. The Morgan fingerprint density at radius 3 is 2.46 bits per heavy atom. The molecule has 2 aromatic carbocycles. The minimum atomic E-state index is -4.46. The molecule has 5 rings (SSSR count). The molecule has 1 saturated heterocycles. The van der Waals surface area contributed by atoms with Crippen molar-refractivity contribution in [1.82, 2.24) is 19.8 Å². The molecule has 3 heterocycles. The van der Waals surface area contributed by atoms with Crippen molar-refractivity contribution < 1.29 is 18.0 Å². The molecule has 0 aliphatic carbocycles. The van der Waals surface area contributed by atoms with E-state index in [1.165, 1.54) is 6.07 Å². The fourth-order valence-electron chi connectivity index (χ4n) is 5.10. The van der Waals surface area contributed by atoms with Gasteiger partial charge in [0.25, 0.3) is 0 Å². The lowest BCUT2D eigenvalue weighted by Gasteiger charge is -2.27. The fourth-order valence-corrected chi connectivity index (χ4v) is 5.40. The van der Waals surface area contributed by atoms with E-state index in [0.29, 0.717) is 16.5 Å². The Morgan fingerprint density at radius 2 is 1.77 bits per heavy atom. The Bertz CT molecular complexity index is 1500. The standard InChI is InChI=1S/C29H26F3N5OS/c1-18-15-23(19(2)37(18)22-12-8-9-20(16-22)29(30,31)32)27-26(24-13-6-7-14-33-24)35-28(39)36(27)17-25(38)34-21-10-4-3-5-11-21/h3-16,26-27H,17H2,1-2H3,(H,34,38)(H,35,39)/t26-,27-/m0/s1. The van der Waals surface area contributed by atoms with E-state index in [2.05, 4.69) is 15.6 Å². The molecule has 2 atom stereocenters. The van der Waals surface area contributed by atoms with Gasteiger partial charge in [-0.25, -0.2) is 0 Å². The Labute approximate surface area is 229 Å². The van der Waals surface area contributed by atoms with Gasteiger partial charge in [-0.1, -0.05) is 30.3 Å². The summed E-state index contributed by atoms with van der Waals surface area (Å²) in [5.41, 5.74) is 3.43. The van der Waals surface area contributed by atoms with Gasteiger partial charge in [0.15, 0.2) is 5.11 Å². The molecule has 0 spiro atoms. The minimum Gasteiger partial charge on any atom is -0.352 e. The lowest BCUT2D eigenvalue weighted by molar-refractivity contribution is -0.137. The van der Waals surface area contributed by atoms with Crippen molar-refractivity contribution in [3.63, 3.8) is 0 Å². The van der Waals surface area contributed by atoms with Gasteiger partial charge in [-0.15, -0.1) is 0 Å². The number of aromatic nitrogens is 2. The summed E-state index contributed by atoms with van der Waals surface area (Å²) in [4.78, 5) is 19.4. The van der Waals surface area contributed by atoms with Gasteiger partial charge in [0.1, 0.15) is 6.54 Å². The number of pyridine rings is 1. The molecule has 0 unspecified atom stereocenters. The van der Waals surface area contributed by atoms with Gasteiger partial charge in [0, 0.05) is 29.0 Å². The minimum absolute atomic E-state index is 0.0258. The molecule has 4 aromatic rings. The Balaban J connectivity index is 1.55. The van der Waals surface area contributed by atoms with Gasteiger partial charge in [-0.2, -0.15) is 13.2 Å². The van der Waals surface area contributed by atoms with Crippen LogP contribution < -0.4 is 10.6 Å². The lowest BCUT2D eigenvalue weighted by atomic mass is 9.96. The maximum absolute atomic E-state index is 13.5. The second kappa shape index (κ2) is 10.5. The number of nitrogens with zero attached hydrogens (tertiary/aromatic N) is 3. The van der Waals surface area contributed by atoms with Crippen molar-refractivity contribution in [2.24, 2.45) is 0 Å². The molecule has 39 heavy (non-hydrogen) atoms. The van der Waals surface area contributed by atoms with Crippen LogP contribution in [0.25, 0.3) is 5.69 Å². The largest absolute Gasteiger partial charge is 0.416 e. The smallest absolute Gasteiger partial charge is 0.352 e.